The number of fused-ring (bicyclic) bond motifs is 4. The fourth-order valence-corrected chi connectivity index (χ4v) is 5.68. The smallest absolute Gasteiger partial charge is 0.251 e. The minimum Gasteiger partial charge on any atom is -0.352 e. The number of piperidine rings is 1. The van der Waals surface area contributed by atoms with Gasteiger partial charge in [-0.05, 0) is 31.4 Å². The molecule has 0 unspecified atom stereocenters. The molecule has 0 aromatic carbocycles. The highest BCUT2D eigenvalue weighted by atomic mass is 32.2. The summed E-state index contributed by atoms with van der Waals surface area (Å²) in [6.45, 7) is 2.78. The topological polar surface area (TPSA) is 106 Å². The van der Waals surface area contributed by atoms with E-state index in [0.29, 0.717) is 13.1 Å². The highest BCUT2D eigenvalue weighted by Gasteiger charge is 2.43. The Bertz CT molecular complexity index is 1050. The van der Waals surface area contributed by atoms with Crippen molar-refractivity contribution in [3.63, 3.8) is 0 Å². The molecule has 0 aliphatic carbocycles. The third kappa shape index (κ3) is 3.86. The van der Waals surface area contributed by atoms with E-state index < -0.39 is 10.0 Å². The molecule has 0 spiro atoms. The first kappa shape index (κ1) is 19.8. The van der Waals surface area contributed by atoms with Crippen LogP contribution in [0.2, 0.25) is 0 Å². The molecule has 0 radical (unpaired) electrons. The first-order chi connectivity index (χ1) is 13.9. The second-order valence-electron chi connectivity index (χ2n) is 7.64. The molecule has 4 rings (SSSR count). The number of hydrogen-bond donors (Lipinski definition) is 1. The van der Waals surface area contributed by atoms with Crippen molar-refractivity contribution in [3.8, 4) is 0 Å². The van der Waals surface area contributed by atoms with Gasteiger partial charge in [-0.25, -0.2) is 12.7 Å². The number of rotatable bonds is 6. The summed E-state index contributed by atoms with van der Waals surface area (Å²) in [5, 5.41) is 6.93. The Kier molecular flexibility index (Phi) is 5.30. The van der Waals surface area contributed by atoms with E-state index in [9.17, 15) is 18.0 Å². The van der Waals surface area contributed by atoms with Crippen molar-refractivity contribution in [1.82, 2.24) is 24.0 Å². The van der Waals surface area contributed by atoms with Crippen LogP contribution in [0.5, 0.6) is 0 Å². The highest BCUT2D eigenvalue weighted by molar-refractivity contribution is 7.89. The van der Waals surface area contributed by atoms with E-state index in [1.54, 1.807) is 40.3 Å². The lowest BCUT2D eigenvalue weighted by Gasteiger charge is -2.46. The number of sulfonamides is 1. The lowest BCUT2D eigenvalue weighted by Crippen LogP contribution is -2.53. The monoisotopic (exact) mass is 419 g/mol. The van der Waals surface area contributed by atoms with E-state index in [1.165, 1.54) is 10.7 Å². The molecule has 2 aliphatic heterocycles. The lowest BCUT2D eigenvalue weighted by molar-refractivity contribution is -0.122. The van der Waals surface area contributed by atoms with Crippen molar-refractivity contribution < 1.29 is 13.2 Å². The van der Waals surface area contributed by atoms with Crippen molar-refractivity contribution in [2.45, 2.75) is 31.8 Å². The fraction of sp³-hybridized carbons (Fsp3) is 0.526. The molecule has 1 saturated heterocycles. The summed E-state index contributed by atoms with van der Waals surface area (Å²) >= 11 is 0. The van der Waals surface area contributed by atoms with Crippen LogP contribution in [0.3, 0.4) is 0 Å². The molecule has 3 atom stereocenters. The normalized spacial score (nSPS) is 24.1. The Morgan fingerprint density at radius 3 is 2.83 bits per heavy atom. The number of pyridine rings is 1. The Morgan fingerprint density at radius 2 is 2.10 bits per heavy atom. The second-order valence-corrected chi connectivity index (χ2v) is 9.90. The van der Waals surface area contributed by atoms with E-state index in [1.807, 2.05) is 6.07 Å². The number of carbonyl (C=O) groups is 1. The van der Waals surface area contributed by atoms with Gasteiger partial charge in [0.1, 0.15) is 6.54 Å². The van der Waals surface area contributed by atoms with Crippen LogP contribution in [-0.4, -0.2) is 58.4 Å². The van der Waals surface area contributed by atoms with Crippen LogP contribution in [0.25, 0.3) is 0 Å². The van der Waals surface area contributed by atoms with E-state index >= 15 is 0 Å². The Labute approximate surface area is 169 Å². The van der Waals surface area contributed by atoms with Crippen molar-refractivity contribution >= 4 is 15.9 Å². The average molecular weight is 420 g/mol. The van der Waals surface area contributed by atoms with Gasteiger partial charge < -0.3 is 9.88 Å². The Morgan fingerprint density at radius 1 is 1.28 bits per heavy atom. The van der Waals surface area contributed by atoms with E-state index in [-0.39, 0.29) is 48.2 Å². The van der Waals surface area contributed by atoms with Crippen molar-refractivity contribution in [2.24, 2.45) is 5.92 Å². The quantitative estimate of drug-likeness (QED) is 0.719. The number of hydrogen-bond acceptors (Lipinski definition) is 5. The predicted octanol–water partition coefficient (Wildman–Crippen LogP) is 0.171. The molecule has 9 nitrogen and oxygen atoms in total. The van der Waals surface area contributed by atoms with Crippen LogP contribution >= 0.6 is 0 Å². The number of carbonyl (C=O) groups excluding carboxylic acids is 1. The zero-order valence-corrected chi connectivity index (χ0v) is 17.1. The predicted molar refractivity (Wildman–Crippen MR) is 107 cm³/mol. The van der Waals surface area contributed by atoms with Gasteiger partial charge in [0.05, 0.1) is 11.8 Å². The second kappa shape index (κ2) is 7.75. The summed E-state index contributed by atoms with van der Waals surface area (Å²) < 4.78 is 29.8. The molecular weight excluding hydrogens is 394 g/mol. The zero-order chi connectivity index (χ0) is 20.6. The third-order valence-corrected chi connectivity index (χ3v) is 7.71. The van der Waals surface area contributed by atoms with Gasteiger partial charge in [-0.1, -0.05) is 6.07 Å². The minimum absolute atomic E-state index is 0.0139. The molecule has 0 saturated carbocycles. The maximum Gasteiger partial charge on any atom is 0.251 e. The SMILES string of the molecule is CCS(=O)(=O)N1C[C@H]2C[C@@H](C1)[C@H](CNC(=O)Cn1cccn1)n1c2cccc1=O. The number of nitrogens with zero attached hydrogens (tertiary/aromatic N) is 4. The van der Waals surface area contributed by atoms with Crippen molar-refractivity contribution in [3.05, 3.63) is 52.7 Å². The molecule has 1 fully saturated rings. The van der Waals surface area contributed by atoms with E-state index in [4.69, 9.17) is 0 Å². The molecule has 4 heterocycles. The van der Waals surface area contributed by atoms with Crippen LogP contribution < -0.4 is 10.9 Å². The van der Waals surface area contributed by atoms with Gasteiger partial charge in [0, 0.05) is 49.7 Å². The van der Waals surface area contributed by atoms with Crippen LogP contribution in [-0.2, 0) is 21.4 Å². The highest BCUT2D eigenvalue weighted by Crippen LogP contribution is 2.41. The van der Waals surface area contributed by atoms with Gasteiger partial charge in [-0.15, -0.1) is 0 Å². The number of nitrogens with one attached hydrogen (secondary N) is 1. The molecule has 2 aliphatic rings. The Balaban J connectivity index is 1.59. The molecule has 2 aromatic heterocycles. The molecule has 2 bridgehead atoms. The average Bonchev–Trinajstić information content (AvgIpc) is 3.21. The number of amides is 1. The lowest BCUT2D eigenvalue weighted by atomic mass is 9.79. The molecule has 156 valence electrons. The Hall–Kier alpha value is -2.46. The van der Waals surface area contributed by atoms with Gasteiger partial charge in [-0.2, -0.15) is 5.10 Å². The van der Waals surface area contributed by atoms with Crippen molar-refractivity contribution in [1.29, 1.82) is 0 Å². The molecule has 10 heteroatoms. The zero-order valence-electron chi connectivity index (χ0n) is 16.3. The van der Waals surface area contributed by atoms with Crippen LogP contribution in [0, 0.1) is 5.92 Å². The van der Waals surface area contributed by atoms with Gasteiger partial charge in [0.15, 0.2) is 0 Å². The molecule has 1 N–H and O–H groups in total. The van der Waals surface area contributed by atoms with Gasteiger partial charge in [-0.3, -0.25) is 14.3 Å². The molecular formula is C19H25N5O4S. The maximum atomic E-state index is 12.6. The van der Waals surface area contributed by atoms with Gasteiger partial charge >= 0.3 is 0 Å². The summed E-state index contributed by atoms with van der Waals surface area (Å²) in [5.74, 6) is -0.192. The third-order valence-electron chi connectivity index (χ3n) is 5.90. The first-order valence-corrected chi connectivity index (χ1v) is 11.4. The van der Waals surface area contributed by atoms with Crippen LogP contribution in [0.15, 0.2) is 41.5 Å². The molecule has 29 heavy (non-hydrogen) atoms. The summed E-state index contributed by atoms with van der Waals surface area (Å²) in [5.41, 5.74) is 0.728. The number of aromatic nitrogens is 3. The largest absolute Gasteiger partial charge is 0.352 e. The first-order valence-electron chi connectivity index (χ1n) is 9.82. The van der Waals surface area contributed by atoms with Gasteiger partial charge in [0.25, 0.3) is 5.56 Å². The van der Waals surface area contributed by atoms with Crippen LogP contribution in [0.4, 0.5) is 0 Å². The summed E-state index contributed by atoms with van der Waals surface area (Å²) in [4.78, 5) is 25.0. The van der Waals surface area contributed by atoms with Gasteiger partial charge in [0.2, 0.25) is 15.9 Å². The minimum atomic E-state index is -3.32. The van der Waals surface area contributed by atoms with E-state index in [2.05, 4.69) is 10.4 Å². The maximum absolute atomic E-state index is 12.6. The fourth-order valence-electron chi connectivity index (χ4n) is 4.49. The summed E-state index contributed by atoms with van der Waals surface area (Å²) in [6.07, 6.45) is 4.12. The van der Waals surface area contributed by atoms with E-state index in [0.717, 1.165) is 12.1 Å². The summed E-state index contributed by atoms with van der Waals surface area (Å²) in [7, 11) is -3.32. The molecule has 2 aromatic rings. The standard InChI is InChI=1S/C19H25N5O4S/c1-2-29(27,28)23-11-14-9-15(12-23)17(24-16(14)5-3-6-19(24)26)10-20-18(25)13-22-8-4-7-21-22/h3-8,14-15,17H,2,9-13H2,1H3,(H,20,25)/t14-,15+,17+/m1/s1. The summed E-state index contributed by atoms with van der Waals surface area (Å²) in [6, 6.07) is 6.59. The molecule has 1 amide bonds. The van der Waals surface area contributed by atoms with Crippen LogP contribution in [0.1, 0.15) is 31.0 Å². The van der Waals surface area contributed by atoms with Crippen molar-refractivity contribution in [2.75, 3.05) is 25.4 Å².